The molecule has 29 heavy (non-hydrogen) atoms. The average Bonchev–Trinajstić information content (AvgIpc) is 3.46. The number of imidazole rings is 1. The Kier molecular flexibility index (Phi) is 7.93. The molecule has 2 aromatic heterocycles. The molecule has 1 fully saturated rings. The van der Waals surface area contributed by atoms with Gasteiger partial charge in [0.15, 0.2) is 5.96 Å². The maximum absolute atomic E-state index is 4.95. The van der Waals surface area contributed by atoms with E-state index in [1.54, 1.807) is 6.20 Å². The van der Waals surface area contributed by atoms with Gasteiger partial charge in [-0.2, -0.15) is 0 Å². The fourth-order valence-corrected chi connectivity index (χ4v) is 4.26. The Bertz CT molecular complexity index is 886. The van der Waals surface area contributed by atoms with Crippen LogP contribution >= 0.6 is 35.3 Å². The molecule has 1 aromatic carbocycles. The van der Waals surface area contributed by atoms with Crippen molar-refractivity contribution >= 4 is 46.3 Å². The van der Waals surface area contributed by atoms with Gasteiger partial charge in [0, 0.05) is 45.1 Å². The Balaban J connectivity index is 0.00000240. The van der Waals surface area contributed by atoms with E-state index in [0.29, 0.717) is 6.54 Å². The van der Waals surface area contributed by atoms with Crippen LogP contribution in [0.3, 0.4) is 0 Å². The standard InChI is InChI=1S/C21H26N6S.HI/c1-2-23-21(26-13-11-25(12-14-26)20-8-5-15-28-20)24-16-18-6-3-4-7-19(18)27-10-9-22-17-27;/h3-10,15,17H,2,11-14,16H2,1H3,(H,23,24);1H. The fraction of sp³-hybridized carbons (Fsp3) is 0.333. The largest absolute Gasteiger partial charge is 0.360 e. The van der Waals surface area contributed by atoms with Crippen LogP contribution < -0.4 is 10.2 Å². The summed E-state index contributed by atoms with van der Waals surface area (Å²) in [6.45, 7) is 7.64. The van der Waals surface area contributed by atoms with Crippen molar-refractivity contribution in [1.82, 2.24) is 19.8 Å². The van der Waals surface area contributed by atoms with E-state index in [-0.39, 0.29) is 24.0 Å². The summed E-state index contributed by atoms with van der Waals surface area (Å²) >= 11 is 1.81. The number of aromatic nitrogens is 2. The molecule has 3 heterocycles. The van der Waals surface area contributed by atoms with Gasteiger partial charge in [0.1, 0.15) is 0 Å². The summed E-state index contributed by atoms with van der Waals surface area (Å²) in [6, 6.07) is 12.7. The lowest BCUT2D eigenvalue weighted by molar-refractivity contribution is 0.373. The second-order valence-electron chi connectivity index (χ2n) is 6.69. The molecule has 1 saturated heterocycles. The third kappa shape index (κ3) is 5.30. The molecule has 154 valence electrons. The first kappa shape index (κ1) is 21.6. The molecular weight excluding hydrogens is 495 g/mol. The highest BCUT2D eigenvalue weighted by Crippen LogP contribution is 2.22. The Morgan fingerprint density at radius 1 is 1.14 bits per heavy atom. The number of guanidine groups is 1. The number of nitrogens with one attached hydrogen (secondary N) is 1. The van der Waals surface area contributed by atoms with Crippen LogP contribution in [0.4, 0.5) is 5.00 Å². The van der Waals surface area contributed by atoms with Gasteiger partial charge >= 0.3 is 0 Å². The summed E-state index contributed by atoms with van der Waals surface area (Å²) in [5.74, 6) is 0.994. The van der Waals surface area contributed by atoms with E-state index in [4.69, 9.17) is 4.99 Å². The first-order valence-corrected chi connectivity index (χ1v) is 10.6. The minimum absolute atomic E-state index is 0. The number of halogens is 1. The summed E-state index contributed by atoms with van der Waals surface area (Å²) < 4.78 is 2.04. The molecule has 0 atom stereocenters. The number of nitrogens with zero attached hydrogens (tertiary/aromatic N) is 5. The van der Waals surface area contributed by atoms with Crippen LogP contribution in [-0.2, 0) is 6.54 Å². The summed E-state index contributed by atoms with van der Waals surface area (Å²) in [5, 5.41) is 6.97. The van der Waals surface area contributed by atoms with Crippen molar-refractivity contribution in [3.05, 3.63) is 66.1 Å². The highest BCUT2D eigenvalue weighted by molar-refractivity contribution is 14.0. The van der Waals surface area contributed by atoms with Crippen LogP contribution in [0.25, 0.3) is 5.69 Å². The topological polar surface area (TPSA) is 48.7 Å². The van der Waals surface area contributed by atoms with E-state index in [0.717, 1.165) is 44.4 Å². The lowest BCUT2D eigenvalue weighted by Gasteiger charge is -2.37. The zero-order valence-electron chi connectivity index (χ0n) is 16.6. The van der Waals surface area contributed by atoms with Crippen LogP contribution in [0, 0.1) is 0 Å². The Labute approximate surface area is 193 Å². The minimum Gasteiger partial charge on any atom is -0.360 e. The first-order valence-electron chi connectivity index (χ1n) is 9.73. The minimum atomic E-state index is 0. The van der Waals surface area contributed by atoms with E-state index in [2.05, 4.69) is 68.8 Å². The number of rotatable bonds is 5. The van der Waals surface area contributed by atoms with Crippen molar-refractivity contribution in [3.8, 4) is 5.69 Å². The maximum Gasteiger partial charge on any atom is 0.194 e. The first-order chi connectivity index (χ1) is 13.8. The normalized spacial score (nSPS) is 14.6. The number of anilines is 1. The average molecular weight is 522 g/mol. The third-order valence-electron chi connectivity index (χ3n) is 4.91. The number of hydrogen-bond acceptors (Lipinski definition) is 4. The van der Waals surface area contributed by atoms with E-state index < -0.39 is 0 Å². The lowest BCUT2D eigenvalue weighted by atomic mass is 10.2. The van der Waals surface area contributed by atoms with Crippen LogP contribution in [0.15, 0.2) is 65.5 Å². The summed E-state index contributed by atoms with van der Waals surface area (Å²) in [6.07, 6.45) is 5.60. The number of thiophene rings is 1. The van der Waals surface area contributed by atoms with Crippen molar-refractivity contribution in [3.63, 3.8) is 0 Å². The maximum atomic E-state index is 4.95. The van der Waals surface area contributed by atoms with Crippen LogP contribution in [0.2, 0.25) is 0 Å². The van der Waals surface area contributed by atoms with Crippen LogP contribution in [0.5, 0.6) is 0 Å². The Morgan fingerprint density at radius 2 is 1.97 bits per heavy atom. The molecule has 1 aliphatic heterocycles. The lowest BCUT2D eigenvalue weighted by Crippen LogP contribution is -2.52. The molecule has 4 rings (SSSR count). The van der Waals surface area contributed by atoms with Gasteiger partial charge in [-0.1, -0.05) is 18.2 Å². The predicted octanol–water partition coefficient (Wildman–Crippen LogP) is 3.84. The molecule has 8 heteroatoms. The molecule has 6 nitrogen and oxygen atoms in total. The van der Waals surface area contributed by atoms with Gasteiger partial charge in [0.05, 0.1) is 23.6 Å². The molecule has 1 N–H and O–H groups in total. The number of piperazine rings is 1. The number of hydrogen-bond donors (Lipinski definition) is 1. The Hall–Kier alpha value is -2.07. The summed E-state index contributed by atoms with van der Waals surface area (Å²) in [4.78, 5) is 13.9. The highest BCUT2D eigenvalue weighted by Gasteiger charge is 2.20. The van der Waals surface area contributed by atoms with E-state index in [1.165, 1.54) is 10.6 Å². The molecule has 0 unspecified atom stereocenters. The van der Waals surface area contributed by atoms with Gasteiger partial charge in [-0.15, -0.1) is 35.3 Å². The molecule has 0 aliphatic carbocycles. The molecular formula is C21H27IN6S. The fourth-order valence-electron chi connectivity index (χ4n) is 3.47. The van der Waals surface area contributed by atoms with Gasteiger partial charge in [-0.3, -0.25) is 0 Å². The number of aliphatic imine (C=N–C) groups is 1. The van der Waals surface area contributed by atoms with Crippen molar-refractivity contribution in [2.75, 3.05) is 37.6 Å². The smallest absolute Gasteiger partial charge is 0.194 e. The SMILES string of the molecule is CCNC(=NCc1ccccc1-n1ccnc1)N1CCN(c2cccs2)CC1.I. The van der Waals surface area contributed by atoms with Gasteiger partial charge < -0.3 is 19.7 Å². The van der Waals surface area contributed by atoms with E-state index in [9.17, 15) is 0 Å². The summed E-state index contributed by atoms with van der Waals surface area (Å²) in [7, 11) is 0. The zero-order chi connectivity index (χ0) is 19.2. The molecule has 1 aliphatic rings. The second-order valence-corrected chi connectivity index (χ2v) is 7.62. The molecule has 0 saturated carbocycles. The van der Waals surface area contributed by atoms with Crippen molar-refractivity contribution in [2.24, 2.45) is 4.99 Å². The van der Waals surface area contributed by atoms with Gasteiger partial charge in [0.2, 0.25) is 0 Å². The van der Waals surface area contributed by atoms with E-state index in [1.807, 2.05) is 28.4 Å². The molecule has 0 amide bonds. The third-order valence-corrected chi connectivity index (χ3v) is 5.83. The van der Waals surface area contributed by atoms with E-state index >= 15 is 0 Å². The molecule has 3 aromatic rings. The van der Waals surface area contributed by atoms with Crippen LogP contribution in [0.1, 0.15) is 12.5 Å². The second kappa shape index (κ2) is 10.6. The molecule has 0 radical (unpaired) electrons. The number of para-hydroxylation sites is 1. The highest BCUT2D eigenvalue weighted by atomic mass is 127. The summed E-state index contributed by atoms with van der Waals surface area (Å²) in [5.41, 5.74) is 2.32. The van der Waals surface area contributed by atoms with Crippen LogP contribution in [-0.4, -0.2) is 53.1 Å². The van der Waals surface area contributed by atoms with Gasteiger partial charge in [0.25, 0.3) is 0 Å². The zero-order valence-corrected chi connectivity index (χ0v) is 19.7. The Morgan fingerprint density at radius 3 is 2.66 bits per heavy atom. The monoisotopic (exact) mass is 522 g/mol. The molecule has 0 bridgehead atoms. The van der Waals surface area contributed by atoms with Crippen molar-refractivity contribution in [2.45, 2.75) is 13.5 Å². The predicted molar refractivity (Wildman–Crippen MR) is 132 cm³/mol. The van der Waals surface area contributed by atoms with Gasteiger partial charge in [-0.05, 0) is 36.1 Å². The molecule has 0 spiro atoms. The quantitative estimate of drug-likeness (QED) is 0.315. The van der Waals surface area contributed by atoms with Gasteiger partial charge in [-0.25, -0.2) is 9.98 Å². The van der Waals surface area contributed by atoms with Crippen molar-refractivity contribution in [1.29, 1.82) is 0 Å². The van der Waals surface area contributed by atoms with Crippen molar-refractivity contribution < 1.29 is 0 Å². The number of benzene rings is 1.